The second kappa shape index (κ2) is 3.46. The highest BCUT2D eigenvalue weighted by atomic mass is 14.7. The number of aromatic nitrogens is 1. The maximum atomic E-state index is 5.48. The van der Waals surface area contributed by atoms with Gasteiger partial charge in [0.25, 0.3) is 0 Å². The third-order valence-corrected chi connectivity index (χ3v) is 2.63. The van der Waals surface area contributed by atoms with Crippen molar-refractivity contribution in [3.8, 4) is 0 Å². The highest BCUT2D eigenvalue weighted by Crippen LogP contribution is 2.41. The zero-order valence-electron chi connectivity index (χ0n) is 8.09. The van der Waals surface area contributed by atoms with E-state index in [0.717, 1.165) is 18.0 Å². The van der Waals surface area contributed by atoms with Gasteiger partial charge >= 0.3 is 0 Å². The molecule has 13 heavy (non-hydrogen) atoms. The van der Waals surface area contributed by atoms with Crippen LogP contribution in [-0.2, 0) is 6.42 Å². The lowest BCUT2D eigenvalue weighted by Crippen LogP contribution is -2.05. The maximum absolute atomic E-state index is 5.48. The molecular weight excluding hydrogens is 160 g/mol. The fourth-order valence-corrected chi connectivity index (χ4v) is 1.73. The molecule has 0 unspecified atom stereocenters. The van der Waals surface area contributed by atoms with Crippen LogP contribution in [-0.4, -0.2) is 11.5 Å². The smallest absolute Gasteiger partial charge is 0.0419 e. The van der Waals surface area contributed by atoms with Crippen LogP contribution in [0.2, 0.25) is 0 Å². The first-order valence-electron chi connectivity index (χ1n) is 4.96. The van der Waals surface area contributed by atoms with E-state index in [1.807, 2.05) is 6.20 Å². The summed E-state index contributed by atoms with van der Waals surface area (Å²) in [5, 5.41) is 0. The monoisotopic (exact) mass is 176 g/mol. The second-order valence-electron chi connectivity index (χ2n) is 3.85. The molecule has 2 rings (SSSR count). The number of nitrogens with zero attached hydrogens (tertiary/aromatic N) is 1. The van der Waals surface area contributed by atoms with Gasteiger partial charge in [-0.05, 0) is 49.4 Å². The van der Waals surface area contributed by atoms with Gasteiger partial charge in [0, 0.05) is 18.3 Å². The molecule has 0 spiro atoms. The standard InChI is InChI=1S/C11H16N2/c1-8-6-10(4-5-12)13-7-11(8)9-2-3-9/h6-7,9H,2-5,12H2,1H3. The van der Waals surface area contributed by atoms with E-state index in [-0.39, 0.29) is 0 Å². The maximum Gasteiger partial charge on any atom is 0.0419 e. The Morgan fingerprint density at radius 3 is 2.85 bits per heavy atom. The van der Waals surface area contributed by atoms with Gasteiger partial charge in [0.05, 0.1) is 0 Å². The van der Waals surface area contributed by atoms with E-state index in [4.69, 9.17) is 5.73 Å². The molecule has 70 valence electrons. The number of hydrogen-bond donors (Lipinski definition) is 1. The Morgan fingerprint density at radius 1 is 1.54 bits per heavy atom. The third-order valence-electron chi connectivity index (χ3n) is 2.63. The van der Waals surface area contributed by atoms with Crippen molar-refractivity contribution in [1.29, 1.82) is 0 Å². The van der Waals surface area contributed by atoms with Crippen molar-refractivity contribution in [1.82, 2.24) is 4.98 Å². The predicted octanol–water partition coefficient (Wildman–Crippen LogP) is 1.77. The number of hydrogen-bond acceptors (Lipinski definition) is 2. The van der Waals surface area contributed by atoms with E-state index in [0.29, 0.717) is 6.54 Å². The lowest BCUT2D eigenvalue weighted by atomic mass is 10.1. The Labute approximate surface area is 79.2 Å². The predicted molar refractivity (Wildman–Crippen MR) is 53.7 cm³/mol. The summed E-state index contributed by atoms with van der Waals surface area (Å²) >= 11 is 0. The minimum absolute atomic E-state index is 0.690. The summed E-state index contributed by atoms with van der Waals surface area (Å²) in [7, 11) is 0. The number of pyridine rings is 1. The fraction of sp³-hybridized carbons (Fsp3) is 0.545. The van der Waals surface area contributed by atoms with Crippen molar-refractivity contribution in [2.75, 3.05) is 6.54 Å². The molecule has 0 atom stereocenters. The normalized spacial score (nSPS) is 16.2. The summed E-state index contributed by atoms with van der Waals surface area (Å²) in [5.74, 6) is 0.805. The van der Waals surface area contributed by atoms with Crippen LogP contribution in [0.3, 0.4) is 0 Å². The van der Waals surface area contributed by atoms with E-state index in [9.17, 15) is 0 Å². The van der Waals surface area contributed by atoms with Crippen LogP contribution in [0.15, 0.2) is 12.3 Å². The first-order chi connectivity index (χ1) is 6.31. The van der Waals surface area contributed by atoms with E-state index in [1.165, 1.54) is 24.0 Å². The SMILES string of the molecule is Cc1cc(CCN)ncc1C1CC1. The molecule has 2 nitrogen and oxygen atoms in total. The van der Waals surface area contributed by atoms with E-state index < -0.39 is 0 Å². The Kier molecular flexibility index (Phi) is 2.32. The van der Waals surface area contributed by atoms with Crippen LogP contribution < -0.4 is 5.73 Å². The molecule has 1 aliphatic carbocycles. The number of aryl methyl sites for hydroxylation is 1. The molecule has 1 aliphatic rings. The number of nitrogens with two attached hydrogens (primary N) is 1. The van der Waals surface area contributed by atoms with Crippen molar-refractivity contribution in [2.45, 2.75) is 32.1 Å². The molecule has 1 heterocycles. The quantitative estimate of drug-likeness (QED) is 0.762. The van der Waals surface area contributed by atoms with Crippen molar-refractivity contribution in [3.63, 3.8) is 0 Å². The van der Waals surface area contributed by atoms with E-state index in [2.05, 4.69) is 18.0 Å². The molecular formula is C11H16N2. The Bertz CT molecular complexity index is 303. The van der Waals surface area contributed by atoms with E-state index in [1.54, 1.807) is 0 Å². The summed E-state index contributed by atoms with van der Waals surface area (Å²) in [6, 6.07) is 2.18. The average Bonchev–Trinajstić information content (AvgIpc) is 2.88. The Hall–Kier alpha value is -0.890. The molecule has 1 aromatic rings. The Balaban J connectivity index is 2.21. The zero-order chi connectivity index (χ0) is 9.26. The number of rotatable bonds is 3. The molecule has 1 fully saturated rings. The van der Waals surface area contributed by atoms with Crippen LogP contribution in [0.25, 0.3) is 0 Å². The molecule has 0 aliphatic heterocycles. The van der Waals surface area contributed by atoms with Crippen LogP contribution >= 0.6 is 0 Å². The minimum Gasteiger partial charge on any atom is -0.330 e. The summed E-state index contributed by atoms with van der Waals surface area (Å²) in [5.41, 5.74) is 9.44. The van der Waals surface area contributed by atoms with Crippen LogP contribution in [0.5, 0.6) is 0 Å². The average molecular weight is 176 g/mol. The van der Waals surface area contributed by atoms with Gasteiger partial charge < -0.3 is 5.73 Å². The largest absolute Gasteiger partial charge is 0.330 e. The van der Waals surface area contributed by atoms with Gasteiger partial charge in [-0.2, -0.15) is 0 Å². The first kappa shape index (κ1) is 8.70. The third kappa shape index (κ3) is 1.89. The summed E-state index contributed by atoms with van der Waals surface area (Å²) in [6.07, 6.45) is 5.63. The van der Waals surface area contributed by atoms with Gasteiger partial charge in [-0.3, -0.25) is 4.98 Å². The molecule has 2 N–H and O–H groups in total. The van der Waals surface area contributed by atoms with Gasteiger partial charge in [-0.15, -0.1) is 0 Å². The van der Waals surface area contributed by atoms with Crippen molar-refractivity contribution < 1.29 is 0 Å². The molecule has 0 radical (unpaired) electrons. The van der Waals surface area contributed by atoms with Gasteiger partial charge in [0.15, 0.2) is 0 Å². The summed E-state index contributed by atoms with van der Waals surface area (Å²) in [4.78, 5) is 4.41. The minimum atomic E-state index is 0.690. The molecule has 1 saturated carbocycles. The zero-order valence-corrected chi connectivity index (χ0v) is 8.09. The second-order valence-corrected chi connectivity index (χ2v) is 3.85. The van der Waals surface area contributed by atoms with E-state index >= 15 is 0 Å². The topological polar surface area (TPSA) is 38.9 Å². The summed E-state index contributed by atoms with van der Waals surface area (Å²) in [6.45, 7) is 2.87. The lowest BCUT2D eigenvalue weighted by molar-refractivity contribution is 0.908. The van der Waals surface area contributed by atoms with Gasteiger partial charge in [-0.25, -0.2) is 0 Å². The van der Waals surface area contributed by atoms with Crippen molar-refractivity contribution in [2.24, 2.45) is 5.73 Å². The fourth-order valence-electron chi connectivity index (χ4n) is 1.73. The van der Waals surface area contributed by atoms with Gasteiger partial charge in [-0.1, -0.05) is 0 Å². The van der Waals surface area contributed by atoms with Crippen LogP contribution in [0, 0.1) is 6.92 Å². The first-order valence-corrected chi connectivity index (χ1v) is 4.96. The highest BCUT2D eigenvalue weighted by molar-refractivity contribution is 5.31. The van der Waals surface area contributed by atoms with Gasteiger partial charge in [0.2, 0.25) is 0 Å². The van der Waals surface area contributed by atoms with Crippen LogP contribution in [0.4, 0.5) is 0 Å². The van der Waals surface area contributed by atoms with Gasteiger partial charge in [0.1, 0.15) is 0 Å². The molecule has 0 aromatic carbocycles. The molecule has 0 bridgehead atoms. The van der Waals surface area contributed by atoms with Crippen molar-refractivity contribution in [3.05, 3.63) is 29.1 Å². The van der Waals surface area contributed by atoms with Crippen molar-refractivity contribution >= 4 is 0 Å². The van der Waals surface area contributed by atoms with Crippen LogP contribution in [0.1, 0.15) is 35.6 Å². The lowest BCUT2D eigenvalue weighted by Gasteiger charge is -2.05. The molecule has 1 aromatic heterocycles. The molecule has 2 heteroatoms. The molecule has 0 amide bonds. The summed E-state index contributed by atoms with van der Waals surface area (Å²) < 4.78 is 0. The Morgan fingerprint density at radius 2 is 2.31 bits per heavy atom. The molecule has 0 saturated heterocycles. The highest BCUT2D eigenvalue weighted by Gasteiger charge is 2.25.